The van der Waals surface area contributed by atoms with Crippen molar-refractivity contribution < 1.29 is 44.5 Å². The van der Waals surface area contributed by atoms with Crippen LogP contribution in [0.3, 0.4) is 0 Å². The molecule has 2 aliphatic rings. The quantitative estimate of drug-likeness (QED) is 0.298. The van der Waals surface area contributed by atoms with E-state index in [0.717, 1.165) is 0 Å². The highest BCUT2D eigenvalue weighted by Gasteiger charge is 2.49. The topological polar surface area (TPSA) is 152 Å². The lowest BCUT2D eigenvalue weighted by Gasteiger charge is -2.46. The Kier molecular flexibility index (Phi) is 12.6. The van der Waals surface area contributed by atoms with Crippen LogP contribution < -0.4 is 0 Å². The van der Waals surface area contributed by atoms with Crippen LogP contribution >= 0.6 is 0 Å². The number of aliphatic hydroxyl groups excluding tert-OH is 3. The molecule has 0 amide bonds. The van der Waals surface area contributed by atoms with Gasteiger partial charge in [0.2, 0.25) is 0 Å². The van der Waals surface area contributed by atoms with Gasteiger partial charge in [-0.1, -0.05) is 20.8 Å². The molecule has 2 saturated heterocycles. The number of esters is 1. The summed E-state index contributed by atoms with van der Waals surface area (Å²) < 4.78 is 18.1. The summed E-state index contributed by atoms with van der Waals surface area (Å²) in [5.74, 6) is -2.65. The second-order valence-electron chi connectivity index (χ2n) is 13.6. The van der Waals surface area contributed by atoms with Crippen molar-refractivity contribution in [2.45, 2.75) is 141 Å². The van der Waals surface area contributed by atoms with Crippen LogP contribution in [0.1, 0.15) is 74.7 Å². The zero-order valence-corrected chi connectivity index (χ0v) is 27.0. The summed E-state index contributed by atoms with van der Waals surface area (Å²) in [6.45, 7) is 14.2. The molecule has 0 aromatic rings. The van der Waals surface area contributed by atoms with Gasteiger partial charge >= 0.3 is 5.97 Å². The van der Waals surface area contributed by atoms with Crippen LogP contribution in [0.25, 0.3) is 0 Å². The second-order valence-corrected chi connectivity index (χ2v) is 13.6. The predicted molar refractivity (Wildman–Crippen MR) is 155 cm³/mol. The third-order valence-electron chi connectivity index (χ3n) is 9.46. The molecule has 41 heavy (non-hydrogen) atoms. The van der Waals surface area contributed by atoms with Gasteiger partial charge in [0.15, 0.2) is 6.29 Å². The lowest BCUT2D eigenvalue weighted by atomic mass is 9.78. The smallest absolute Gasteiger partial charge is 0.311 e. The van der Waals surface area contributed by atoms with Gasteiger partial charge in [-0.15, -0.1) is 0 Å². The van der Waals surface area contributed by atoms with Crippen LogP contribution in [0.4, 0.5) is 0 Å². The third-order valence-corrected chi connectivity index (χ3v) is 9.46. The number of hydrogen-bond acceptors (Lipinski definition) is 11. The molecule has 0 spiro atoms. The van der Waals surface area contributed by atoms with Gasteiger partial charge in [0.1, 0.15) is 23.9 Å². The Labute approximate surface area is 246 Å². The number of rotatable bonds is 4. The Morgan fingerprint density at radius 1 is 1.05 bits per heavy atom. The van der Waals surface area contributed by atoms with Crippen molar-refractivity contribution in [3.05, 3.63) is 0 Å². The maximum atomic E-state index is 13.3. The average molecular weight is 591 g/mol. The molecule has 0 saturated carbocycles. The average Bonchev–Trinajstić information content (AvgIpc) is 2.87. The van der Waals surface area contributed by atoms with Crippen molar-refractivity contribution in [3.8, 4) is 0 Å². The lowest BCUT2D eigenvalue weighted by molar-refractivity contribution is -0.299. The van der Waals surface area contributed by atoms with Crippen molar-refractivity contribution >= 4 is 5.97 Å². The molecule has 2 fully saturated rings. The Hall–Kier alpha value is -0.890. The van der Waals surface area contributed by atoms with E-state index in [1.54, 1.807) is 27.7 Å². The van der Waals surface area contributed by atoms with Crippen LogP contribution in [-0.4, -0.2) is 135 Å². The molecule has 2 aliphatic heterocycles. The molecule has 11 heteroatoms. The summed E-state index contributed by atoms with van der Waals surface area (Å²) >= 11 is 0. The monoisotopic (exact) mass is 590 g/mol. The van der Waals surface area contributed by atoms with Crippen LogP contribution in [0.15, 0.2) is 0 Å². The van der Waals surface area contributed by atoms with E-state index in [9.17, 15) is 30.3 Å². The van der Waals surface area contributed by atoms with Crippen molar-refractivity contribution in [1.29, 1.82) is 0 Å². The first kappa shape index (κ1) is 36.3. The highest BCUT2D eigenvalue weighted by atomic mass is 16.7. The van der Waals surface area contributed by atoms with E-state index in [0.29, 0.717) is 13.0 Å². The standard InChI is InChI=1S/C30H58N2O9/c1-12-22-30(8,38)25(35)20(6)32(11)15-16(2)14-29(7,37)26(18(4)23(33)19(5)27(36)40-22)41-28-24(34)21(31(9)10)13-17(3)39-28/h16-26,28,33-35,37-38H,12-15H2,1-11H3/t16-,17-,18+,19-,20-,21?,22-,23+,24-,25-,26?,28+,29?,30-/m1/s1. The van der Waals surface area contributed by atoms with Crippen LogP contribution in [0.5, 0.6) is 0 Å². The fourth-order valence-electron chi connectivity index (χ4n) is 6.74. The van der Waals surface area contributed by atoms with Gasteiger partial charge in [0.05, 0.1) is 29.8 Å². The molecule has 5 N–H and O–H groups in total. The first-order valence-corrected chi connectivity index (χ1v) is 15.1. The molecule has 0 aromatic heterocycles. The minimum Gasteiger partial charge on any atom is -0.459 e. The Morgan fingerprint density at radius 3 is 2.17 bits per heavy atom. The number of ether oxygens (including phenoxy) is 3. The molecule has 0 aliphatic carbocycles. The maximum absolute atomic E-state index is 13.3. The highest BCUT2D eigenvalue weighted by molar-refractivity contribution is 5.73. The molecular weight excluding hydrogens is 532 g/mol. The minimum atomic E-state index is -1.75. The summed E-state index contributed by atoms with van der Waals surface area (Å²) in [6, 6.07) is -0.733. The molecule has 2 rings (SSSR count). The fourth-order valence-corrected chi connectivity index (χ4v) is 6.74. The van der Waals surface area contributed by atoms with E-state index >= 15 is 0 Å². The molecular formula is C30H58N2O9. The molecule has 0 radical (unpaired) electrons. The minimum absolute atomic E-state index is 0.0990. The van der Waals surface area contributed by atoms with Crippen molar-refractivity contribution in [3.63, 3.8) is 0 Å². The summed E-state index contributed by atoms with van der Waals surface area (Å²) in [4.78, 5) is 17.1. The molecule has 0 aromatic carbocycles. The Balaban J connectivity index is 2.52. The summed E-state index contributed by atoms with van der Waals surface area (Å²) in [6.07, 6.45) is -5.74. The van der Waals surface area contributed by atoms with Gasteiger partial charge < -0.3 is 49.5 Å². The third kappa shape index (κ3) is 8.39. The van der Waals surface area contributed by atoms with Gasteiger partial charge in [0, 0.05) is 24.5 Å². The second kappa shape index (κ2) is 14.3. The first-order valence-electron chi connectivity index (χ1n) is 15.1. The largest absolute Gasteiger partial charge is 0.459 e. The van der Waals surface area contributed by atoms with Gasteiger partial charge in [0.25, 0.3) is 0 Å². The number of likely N-dealkylation sites (N-methyl/N-ethyl adjacent to an activating group) is 2. The van der Waals surface area contributed by atoms with E-state index in [1.807, 2.05) is 44.8 Å². The van der Waals surface area contributed by atoms with E-state index in [-0.39, 0.29) is 30.9 Å². The van der Waals surface area contributed by atoms with Gasteiger partial charge in [-0.3, -0.25) is 4.79 Å². The molecule has 2 heterocycles. The normalized spacial score (nSPS) is 48.4. The van der Waals surface area contributed by atoms with Gasteiger partial charge in [-0.05, 0) is 80.9 Å². The highest BCUT2D eigenvalue weighted by Crippen LogP contribution is 2.36. The molecule has 242 valence electrons. The molecule has 14 atom stereocenters. The number of carbonyl (C=O) groups excluding carboxylic acids is 1. The van der Waals surface area contributed by atoms with Crippen molar-refractivity contribution in [1.82, 2.24) is 9.80 Å². The fraction of sp³-hybridized carbons (Fsp3) is 0.967. The number of aliphatic hydroxyl groups is 5. The SMILES string of the molecule is CC[C@H]1OC(=O)[C@H](C)[C@@H](O)[C@H](C)C(O[C@@H]2O[C@H](C)CC(N(C)C)[C@H]2O)C(C)(O)C[C@@H](C)CN(C)[C@H](C)[C@@H](O)[C@]1(C)O. The molecule has 0 bridgehead atoms. The van der Waals surface area contributed by atoms with E-state index in [4.69, 9.17) is 14.2 Å². The van der Waals surface area contributed by atoms with Crippen LogP contribution in [-0.2, 0) is 19.0 Å². The van der Waals surface area contributed by atoms with E-state index < -0.39 is 71.9 Å². The summed E-state index contributed by atoms with van der Waals surface area (Å²) in [5, 5.41) is 57.0. The lowest BCUT2D eigenvalue weighted by Crippen LogP contribution is -2.59. The number of hydrogen-bond donors (Lipinski definition) is 5. The number of carbonyl (C=O) groups is 1. The van der Waals surface area contributed by atoms with Crippen LogP contribution in [0.2, 0.25) is 0 Å². The zero-order chi connectivity index (χ0) is 31.6. The Bertz CT molecular complexity index is 841. The molecule has 3 unspecified atom stereocenters. The molecule has 11 nitrogen and oxygen atoms in total. The van der Waals surface area contributed by atoms with Gasteiger partial charge in [-0.25, -0.2) is 0 Å². The maximum Gasteiger partial charge on any atom is 0.311 e. The zero-order valence-electron chi connectivity index (χ0n) is 27.0. The van der Waals surface area contributed by atoms with Crippen molar-refractivity contribution in [2.75, 3.05) is 27.7 Å². The Morgan fingerprint density at radius 2 is 1.63 bits per heavy atom. The summed E-state index contributed by atoms with van der Waals surface area (Å²) in [5.41, 5.74) is -3.25. The summed E-state index contributed by atoms with van der Waals surface area (Å²) in [7, 11) is 5.58. The number of cyclic esters (lactones) is 1. The van der Waals surface area contributed by atoms with E-state index in [1.165, 1.54) is 13.8 Å². The van der Waals surface area contributed by atoms with E-state index in [2.05, 4.69) is 0 Å². The number of nitrogens with zero attached hydrogens (tertiary/aromatic N) is 2. The van der Waals surface area contributed by atoms with Crippen LogP contribution in [0, 0.1) is 17.8 Å². The van der Waals surface area contributed by atoms with Crippen molar-refractivity contribution in [2.24, 2.45) is 17.8 Å². The first-order chi connectivity index (χ1) is 18.8. The predicted octanol–water partition coefficient (Wildman–Crippen LogP) is 0.976. The van der Waals surface area contributed by atoms with Gasteiger partial charge in [-0.2, -0.15) is 0 Å².